The van der Waals surface area contributed by atoms with Crippen LogP contribution in [-0.4, -0.2) is 68.7 Å². The van der Waals surface area contributed by atoms with Crippen molar-refractivity contribution in [2.45, 2.75) is 13.0 Å². The van der Waals surface area contributed by atoms with Gasteiger partial charge in [-0.15, -0.1) is 0 Å². The highest BCUT2D eigenvalue weighted by Gasteiger charge is 2.13. The van der Waals surface area contributed by atoms with Gasteiger partial charge in [0, 0.05) is 26.2 Å². The van der Waals surface area contributed by atoms with E-state index in [4.69, 9.17) is 4.74 Å². The lowest BCUT2D eigenvalue weighted by Gasteiger charge is -2.25. The fourth-order valence-corrected chi connectivity index (χ4v) is 2.57. The molecule has 0 saturated carbocycles. The maximum Gasteiger partial charge on any atom is 0.234 e. The van der Waals surface area contributed by atoms with Gasteiger partial charge in [-0.25, -0.2) is 0 Å². The maximum atomic E-state index is 11.8. The smallest absolute Gasteiger partial charge is 0.234 e. The molecular formula is C17H27N3O2. The number of benzene rings is 1. The average molecular weight is 305 g/mol. The number of carbonyl (C=O) groups excluding carboxylic acids is 1. The predicted molar refractivity (Wildman–Crippen MR) is 87.7 cm³/mol. The summed E-state index contributed by atoms with van der Waals surface area (Å²) in [6.07, 6.45) is 0.970. The van der Waals surface area contributed by atoms with Gasteiger partial charge in [0.15, 0.2) is 0 Å². The molecule has 0 atom stereocenters. The Balaban J connectivity index is 1.53. The van der Waals surface area contributed by atoms with Crippen molar-refractivity contribution in [3.8, 4) is 0 Å². The van der Waals surface area contributed by atoms with Crippen LogP contribution in [0, 0.1) is 0 Å². The van der Waals surface area contributed by atoms with Gasteiger partial charge in [-0.1, -0.05) is 30.3 Å². The minimum absolute atomic E-state index is 0.118. The minimum atomic E-state index is 0.118. The van der Waals surface area contributed by atoms with E-state index in [0.717, 1.165) is 52.4 Å². The molecule has 1 N–H and O–H groups in total. The average Bonchev–Trinajstić information content (AvgIpc) is 2.53. The van der Waals surface area contributed by atoms with Crippen LogP contribution in [0.5, 0.6) is 0 Å². The standard InChI is InChI=1S/C17H27N3O2/c1-19(14-16-6-3-2-4-7-16)9-5-8-18-17(21)15-20-10-12-22-13-11-20/h2-4,6-7H,5,8-15H2,1H3,(H,18,21). The van der Waals surface area contributed by atoms with Gasteiger partial charge in [-0.3, -0.25) is 9.69 Å². The largest absolute Gasteiger partial charge is 0.379 e. The molecule has 0 aliphatic carbocycles. The second-order valence-electron chi connectivity index (χ2n) is 5.82. The van der Waals surface area contributed by atoms with E-state index in [1.165, 1.54) is 5.56 Å². The third kappa shape index (κ3) is 6.56. The van der Waals surface area contributed by atoms with Crippen molar-refractivity contribution >= 4 is 5.91 Å². The first kappa shape index (κ1) is 16.9. The third-order valence-electron chi connectivity index (χ3n) is 3.81. The molecule has 0 spiro atoms. The van der Waals surface area contributed by atoms with Crippen LogP contribution in [0.25, 0.3) is 0 Å². The molecule has 1 saturated heterocycles. The number of amides is 1. The van der Waals surface area contributed by atoms with Gasteiger partial charge < -0.3 is 15.0 Å². The summed E-state index contributed by atoms with van der Waals surface area (Å²) in [6.45, 7) is 6.33. The molecule has 122 valence electrons. The molecular weight excluding hydrogens is 278 g/mol. The Kier molecular flexibility index (Phi) is 7.36. The predicted octanol–water partition coefficient (Wildman–Crippen LogP) is 0.957. The Morgan fingerprint density at radius 3 is 2.73 bits per heavy atom. The van der Waals surface area contributed by atoms with Crippen molar-refractivity contribution in [2.24, 2.45) is 0 Å². The van der Waals surface area contributed by atoms with E-state index >= 15 is 0 Å². The van der Waals surface area contributed by atoms with E-state index in [9.17, 15) is 4.79 Å². The number of carbonyl (C=O) groups is 1. The SMILES string of the molecule is CN(CCCNC(=O)CN1CCOCC1)Cc1ccccc1. The van der Waals surface area contributed by atoms with Crippen molar-refractivity contribution in [3.05, 3.63) is 35.9 Å². The minimum Gasteiger partial charge on any atom is -0.379 e. The molecule has 1 aliphatic rings. The van der Waals surface area contributed by atoms with E-state index < -0.39 is 0 Å². The van der Waals surface area contributed by atoms with E-state index in [2.05, 4.69) is 46.4 Å². The summed E-state index contributed by atoms with van der Waals surface area (Å²) in [5.41, 5.74) is 1.32. The zero-order chi connectivity index (χ0) is 15.6. The van der Waals surface area contributed by atoms with Crippen LogP contribution in [0.3, 0.4) is 0 Å². The van der Waals surface area contributed by atoms with Crippen LogP contribution in [0.2, 0.25) is 0 Å². The molecule has 1 aromatic rings. The monoisotopic (exact) mass is 305 g/mol. The summed E-state index contributed by atoms with van der Waals surface area (Å²) in [7, 11) is 2.11. The molecule has 1 amide bonds. The lowest BCUT2D eigenvalue weighted by atomic mass is 10.2. The van der Waals surface area contributed by atoms with Crippen molar-refractivity contribution < 1.29 is 9.53 Å². The van der Waals surface area contributed by atoms with Crippen molar-refractivity contribution in [3.63, 3.8) is 0 Å². The summed E-state index contributed by atoms with van der Waals surface area (Å²) >= 11 is 0. The van der Waals surface area contributed by atoms with Gasteiger partial charge >= 0.3 is 0 Å². The molecule has 5 heteroatoms. The number of ether oxygens (including phenoxy) is 1. The number of hydrogen-bond acceptors (Lipinski definition) is 4. The number of morpholine rings is 1. The molecule has 5 nitrogen and oxygen atoms in total. The molecule has 22 heavy (non-hydrogen) atoms. The Bertz CT molecular complexity index is 433. The van der Waals surface area contributed by atoms with Crippen LogP contribution in [0.1, 0.15) is 12.0 Å². The Hall–Kier alpha value is -1.43. The number of rotatable bonds is 8. The van der Waals surface area contributed by atoms with Gasteiger partial charge in [-0.05, 0) is 25.6 Å². The van der Waals surface area contributed by atoms with E-state index in [0.29, 0.717) is 6.54 Å². The van der Waals surface area contributed by atoms with E-state index in [1.807, 2.05) is 6.07 Å². The molecule has 1 heterocycles. The summed E-state index contributed by atoms with van der Waals surface area (Å²) in [6, 6.07) is 10.4. The zero-order valence-corrected chi connectivity index (χ0v) is 13.5. The highest BCUT2D eigenvalue weighted by Crippen LogP contribution is 2.02. The number of nitrogens with zero attached hydrogens (tertiary/aromatic N) is 2. The highest BCUT2D eigenvalue weighted by atomic mass is 16.5. The summed E-state index contributed by atoms with van der Waals surface area (Å²) in [4.78, 5) is 16.3. The van der Waals surface area contributed by atoms with E-state index in [-0.39, 0.29) is 5.91 Å². The molecule has 0 unspecified atom stereocenters. The molecule has 1 aliphatic heterocycles. The van der Waals surface area contributed by atoms with Gasteiger partial charge in [0.25, 0.3) is 0 Å². The van der Waals surface area contributed by atoms with Crippen molar-refractivity contribution in [1.29, 1.82) is 0 Å². The second-order valence-corrected chi connectivity index (χ2v) is 5.82. The first-order valence-corrected chi connectivity index (χ1v) is 8.03. The summed E-state index contributed by atoms with van der Waals surface area (Å²) < 4.78 is 5.28. The van der Waals surface area contributed by atoms with Crippen molar-refractivity contribution in [1.82, 2.24) is 15.1 Å². The van der Waals surface area contributed by atoms with Crippen LogP contribution in [0.4, 0.5) is 0 Å². The summed E-state index contributed by atoms with van der Waals surface area (Å²) in [5, 5.41) is 3.00. The second kappa shape index (κ2) is 9.56. The van der Waals surface area contributed by atoms with Gasteiger partial charge in [0.05, 0.1) is 19.8 Å². The van der Waals surface area contributed by atoms with E-state index in [1.54, 1.807) is 0 Å². The molecule has 0 bridgehead atoms. The number of nitrogens with one attached hydrogen (secondary N) is 1. The summed E-state index contributed by atoms with van der Waals surface area (Å²) in [5.74, 6) is 0.118. The normalized spacial score (nSPS) is 15.9. The maximum absolute atomic E-state index is 11.8. The lowest BCUT2D eigenvalue weighted by molar-refractivity contribution is -0.123. The van der Waals surface area contributed by atoms with Crippen LogP contribution < -0.4 is 5.32 Å². The quantitative estimate of drug-likeness (QED) is 0.727. The Morgan fingerprint density at radius 2 is 2.00 bits per heavy atom. The van der Waals surface area contributed by atoms with Crippen molar-refractivity contribution in [2.75, 3.05) is 53.0 Å². The molecule has 1 aromatic carbocycles. The molecule has 1 fully saturated rings. The van der Waals surface area contributed by atoms with Crippen LogP contribution in [0.15, 0.2) is 30.3 Å². The lowest BCUT2D eigenvalue weighted by Crippen LogP contribution is -2.43. The first-order chi connectivity index (χ1) is 10.7. The van der Waals surface area contributed by atoms with Gasteiger partial charge in [-0.2, -0.15) is 0 Å². The molecule has 0 radical (unpaired) electrons. The van der Waals surface area contributed by atoms with Gasteiger partial charge in [0.1, 0.15) is 0 Å². The van der Waals surface area contributed by atoms with Crippen LogP contribution >= 0.6 is 0 Å². The Labute approximate surface area is 133 Å². The van der Waals surface area contributed by atoms with Gasteiger partial charge in [0.2, 0.25) is 5.91 Å². The number of hydrogen-bond donors (Lipinski definition) is 1. The zero-order valence-electron chi connectivity index (χ0n) is 13.5. The molecule has 2 rings (SSSR count). The highest BCUT2D eigenvalue weighted by molar-refractivity contribution is 5.77. The Morgan fingerprint density at radius 1 is 1.27 bits per heavy atom. The topological polar surface area (TPSA) is 44.8 Å². The third-order valence-corrected chi connectivity index (χ3v) is 3.81. The fourth-order valence-electron chi connectivity index (χ4n) is 2.57. The first-order valence-electron chi connectivity index (χ1n) is 8.03. The fraction of sp³-hybridized carbons (Fsp3) is 0.588. The molecule has 0 aromatic heterocycles. The van der Waals surface area contributed by atoms with Crippen LogP contribution in [-0.2, 0) is 16.1 Å².